The number of carboxylic acids is 1. The minimum atomic E-state index is -0.926. The molecule has 8 heteroatoms. The number of hydrogen-bond donors (Lipinski definition) is 3. The zero-order valence-electron chi connectivity index (χ0n) is 20.1. The van der Waals surface area contributed by atoms with Gasteiger partial charge in [-0.1, -0.05) is 12.8 Å². The highest BCUT2D eigenvalue weighted by molar-refractivity contribution is 6.09. The number of amides is 2. The number of aliphatic carboxylic acids is 1. The lowest BCUT2D eigenvalue weighted by Crippen LogP contribution is -2.36. The molecule has 1 saturated heterocycles. The molecule has 0 bridgehead atoms. The predicted octanol–water partition coefficient (Wildman–Crippen LogP) is 4.77. The fourth-order valence-electron chi connectivity index (χ4n) is 5.05. The Bertz CT molecular complexity index is 1060. The van der Waals surface area contributed by atoms with Gasteiger partial charge >= 0.3 is 5.97 Å². The fraction of sp³-hybridized carbons (Fsp3) is 0.444. The van der Waals surface area contributed by atoms with Gasteiger partial charge in [-0.05, 0) is 74.6 Å². The molecule has 2 aliphatic rings. The Kier molecular flexibility index (Phi) is 7.90. The molecule has 2 fully saturated rings. The number of nitrogens with zero attached hydrogens (tertiary/aromatic N) is 1. The summed E-state index contributed by atoms with van der Waals surface area (Å²) in [5.74, 6) is -2.04. The van der Waals surface area contributed by atoms with Gasteiger partial charge in [0.1, 0.15) is 5.75 Å². The van der Waals surface area contributed by atoms with E-state index in [4.69, 9.17) is 4.74 Å². The lowest BCUT2D eigenvalue weighted by molar-refractivity contribution is -0.147. The van der Waals surface area contributed by atoms with E-state index < -0.39 is 17.8 Å². The van der Waals surface area contributed by atoms with Crippen LogP contribution in [0.5, 0.6) is 5.75 Å². The van der Waals surface area contributed by atoms with Crippen molar-refractivity contribution in [1.82, 2.24) is 0 Å². The Balaban J connectivity index is 1.58. The number of benzene rings is 2. The molecule has 8 nitrogen and oxygen atoms in total. The van der Waals surface area contributed by atoms with Crippen LogP contribution in [-0.2, 0) is 9.59 Å². The average molecular weight is 480 g/mol. The van der Waals surface area contributed by atoms with E-state index in [0.29, 0.717) is 35.5 Å². The standard InChI is InChI=1S/C27H33N3O5/c1-35-20-12-9-18(10-13-20)28-26(32)23-17-19(11-14-24(23)30-15-5-2-6-16-30)29-25(31)21-7-3-4-8-22(21)27(33)34/h9-14,17,21-22H,2-8,15-16H2,1H3,(H,28,32)(H,29,31)(H,33,34)/t21-,22-/m1/s1. The monoisotopic (exact) mass is 479 g/mol. The van der Waals surface area contributed by atoms with Gasteiger partial charge in [-0.15, -0.1) is 0 Å². The number of carboxylic acid groups (broad SMARTS) is 1. The van der Waals surface area contributed by atoms with Crippen molar-refractivity contribution in [3.63, 3.8) is 0 Å². The van der Waals surface area contributed by atoms with Crippen molar-refractivity contribution in [3.05, 3.63) is 48.0 Å². The van der Waals surface area contributed by atoms with E-state index in [1.54, 1.807) is 43.5 Å². The Morgan fingerprint density at radius 1 is 0.857 bits per heavy atom. The lowest BCUT2D eigenvalue weighted by Gasteiger charge is -2.31. The van der Waals surface area contributed by atoms with Gasteiger partial charge < -0.3 is 25.4 Å². The van der Waals surface area contributed by atoms with Crippen LogP contribution in [0.3, 0.4) is 0 Å². The quantitative estimate of drug-likeness (QED) is 0.528. The summed E-state index contributed by atoms with van der Waals surface area (Å²) in [6.45, 7) is 1.74. The van der Waals surface area contributed by atoms with Crippen molar-refractivity contribution in [2.45, 2.75) is 44.9 Å². The van der Waals surface area contributed by atoms with Crippen molar-refractivity contribution in [2.75, 3.05) is 35.7 Å². The first kappa shape index (κ1) is 24.6. The molecule has 1 aliphatic heterocycles. The fourth-order valence-corrected chi connectivity index (χ4v) is 5.05. The maximum atomic E-state index is 13.4. The third kappa shape index (κ3) is 5.93. The molecule has 0 unspecified atom stereocenters. The molecule has 0 radical (unpaired) electrons. The summed E-state index contributed by atoms with van der Waals surface area (Å²) in [6, 6.07) is 12.5. The molecule has 2 atom stereocenters. The van der Waals surface area contributed by atoms with E-state index in [-0.39, 0.29) is 11.8 Å². The summed E-state index contributed by atoms with van der Waals surface area (Å²) >= 11 is 0. The summed E-state index contributed by atoms with van der Waals surface area (Å²) in [6.07, 6.45) is 6.03. The highest BCUT2D eigenvalue weighted by Gasteiger charge is 2.35. The molecular formula is C27H33N3O5. The number of ether oxygens (including phenoxy) is 1. The largest absolute Gasteiger partial charge is 0.497 e. The van der Waals surface area contributed by atoms with Gasteiger partial charge in [-0.25, -0.2) is 0 Å². The van der Waals surface area contributed by atoms with E-state index >= 15 is 0 Å². The summed E-state index contributed by atoms with van der Waals surface area (Å²) in [7, 11) is 1.59. The molecule has 0 aromatic heterocycles. The van der Waals surface area contributed by atoms with Crippen molar-refractivity contribution in [2.24, 2.45) is 11.8 Å². The Morgan fingerprint density at radius 3 is 2.17 bits per heavy atom. The molecule has 35 heavy (non-hydrogen) atoms. The lowest BCUT2D eigenvalue weighted by atomic mass is 9.78. The van der Waals surface area contributed by atoms with Crippen LogP contribution in [0.15, 0.2) is 42.5 Å². The molecule has 3 N–H and O–H groups in total. The van der Waals surface area contributed by atoms with E-state index in [1.165, 1.54) is 6.42 Å². The minimum Gasteiger partial charge on any atom is -0.497 e. The van der Waals surface area contributed by atoms with Crippen LogP contribution in [0.2, 0.25) is 0 Å². The maximum Gasteiger partial charge on any atom is 0.307 e. The summed E-state index contributed by atoms with van der Waals surface area (Å²) in [5, 5.41) is 15.4. The van der Waals surface area contributed by atoms with E-state index in [1.807, 2.05) is 6.07 Å². The first-order valence-corrected chi connectivity index (χ1v) is 12.3. The highest BCUT2D eigenvalue weighted by atomic mass is 16.5. The predicted molar refractivity (Wildman–Crippen MR) is 135 cm³/mol. The second kappa shape index (κ2) is 11.3. The third-order valence-corrected chi connectivity index (χ3v) is 6.97. The maximum absolute atomic E-state index is 13.4. The second-order valence-corrected chi connectivity index (χ2v) is 9.29. The van der Waals surface area contributed by atoms with Crippen LogP contribution >= 0.6 is 0 Å². The van der Waals surface area contributed by atoms with Crippen LogP contribution in [0.4, 0.5) is 17.1 Å². The van der Waals surface area contributed by atoms with Gasteiger partial charge in [-0.2, -0.15) is 0 Å². The molecule has 186 valence electrons. The molecule has 1 saturated carbocycles. The van der Waals surface area contributed by atoms with Crippen molar-refractivity contribution in [3.8, 4) is 5.75 Å². The number of methoxy groups -OCH3 is 1. The van der Waals surface area contributed by atoms with Gasteiger partial charge in [0.25, 0.3) is 5.91 Å². The minimum absolute atomic E-state index is 0.270. The second-order valence-electron chi connectivity index (χ2n) is 9.29. The molecule has 1 heterocycles. The number of hydrogen-bond acceptors (Lipinski definition) is 5. The van der Waals surface area contributed by atoms with Crippen LogP contribution in [0, 0.1) is 11.8 Å². The van der Waals surface area contributed by atoms with Crippen molar-refractivity contribution in [1.29, 1.82) is 0 Å². The number of rotatable bonds is 7. The van der Waals surface area contributed by atoms with Crippen LogP contribution in [-0.4, -0.2) is 43.1 Å². The molecule has 2 aromatic rings. The van der Waals surface area contributed by atoms with Crippen LogP contribution < -0.4 is 20.3 Å². The van der Waals surface area contributed by atoms with E-state index in [9.17, 15) is 19.5 Å². The average Bonchev–Trinajstić information content (AvgIpc) is 2.89. The Morgan fingerprint density at radius 2 is 1.51 bits per heavy atom. The number of carbonyl (C=O) groups excluding carboxylic acids is 2. The van der Waals surface area contributed by atoms with Gasteiger partial charge in [0.2, 0.25) is 5.91 Å². The van der Waals surface area contributed by atoms with Crippen LogP contribution in [0.1, 0.15) is 55.3 Å². The molecule has 4 rings (SSSR count). The van der Waals surface area contributed by atoms with E-state index in [2.05, 4.69) is 15.5 Å². The summed E-state index contributed by atoms with van der Waals surface area (Å²) in [5.41, 5.74) is 2.43. The first-order valence-electron chi connectivity index (χ1n) is 12.3. The molecule has 1 aliphatic carbocycles. The zero-order valence-corrected chi connectivity index (χ0v) is 20.1. The zero-order chi connectivity index (χ0) is 24.8. The topological polar surface area (TPSA) is 108 Å². The normalized spacial score (nSPS) is 20.1. The van der Waals surface area contributed by atoms with Gasteiger partial charge in [0.15, 0.2) is 0 Å². The third-order valence-electron chi connectivity index (χ3n) is 6.97. The SMILES string of the molecule is COc1ccc(NC(=O)c2cc(NC(=O)[C@@H]3CCCC[C@H]3C(=O)O)ccc2N2CCCCC2)cc1. The molecular weight excluding hydrogens is 446 g/mol. The van der Waals surface area contributed by atoms with E-state index in [0.717, 1.165) is 44.5 Å². The van der Waals surface area contributed by atoms with Gasteiger partial charge in [-0.3, -0.25) is 14.4 Å². The van der Waals surface area contributed by atoms with Gasteiger partial charge in [0.05, 0.1) is 24.5 Å². The summed E-state index contributed by atoms with van der Waals surface area (Å²) < 4.78 is 5.19. The summed E-state index contributed by atoms with van der Waals surface area (Å²) in [4.78, 5) is 40.2. The van der Waals surface area contributed by atoms with Gasteiger partial charge in [0, 0.05) is 30.2 Å². The Labute approximate surface area is 205 Å². The van der Waals surface area contributed by atoms with Crippen molar-refractivity contribution < 1.29 is 24.2 Å². The molecule has 2 amide bonds. The first-order chi connectivity index (χ1) is 17.0. The van der Waals surface area contributed by atoms with Crippen LogP contribution in [0.25, 0.3) is 0 Å². The highest BCUT2D eigenvalue weighted by Crippen LogP contribution is 2.33. The number of anilines is 3. The number of piperidine rings is 1. The number of nitrogens with one attached hydrogen (secondary N) is 2. The molecule has 0 spiro atoms. The van der Waals surface area contributed by atoms with Crippen molar-refractivity contribution >= 4 is 34.8 Å². The Hall–Kier alpha value is -3.55. The molecule has 2 aromatic carbocycles. The smallest absolute Gasteiger partial charge is 0.307 e. The number of carbonyl (C=O) groups is 3.